The normalized spacial score (nSPS) is 20.6. The molecule has 0 spiro atoms. The molecule has 0 saturated heterocycles. The number of nitrogens with zero attached hydrogens (tertiary/aromatic N) is 1. The van der Waals surface area contributed by atoms with E-state index in [1.165, 1.54) is 0 Å². The summed E-state index contributed by atoms with van der Waals surface area (Å²) in [4.78, 5) is 13.0. The largest absolute Gasteiger partial charge is 0.481 e. The highest BCUT2D eigenvalue weighted by molar-refractivity contribution is 5.76. The topological polar surface area (TPSA) is 40.5 Å². The van der Waals surface area contributed by atoms with Crippen LogP contribution in [-0.4, -0.2) is 36.1 Å². The second-order valence-electron chi connectivity index (χ2n) is 3.77. The van der Waals surface area contributed by atoms with Crippen LogP contribution in [0.5, 0.6) is 0 Å². The molecule has 3 heteroatoms. The monoisotopic (exact) mass is 171 g/mol. The Kier molecular flexibility index (Phi) is 2.73. The van der Waals surface area contributed by atoms with Crippen LogP contribution in [0.1, 0.15) is 26.2 Å². The molecule has 1 aliphatic carbocycles. The van der Waals surface area contributed by atoms with E-state index < -0.39 is 11.4 Å². The summed E-state index contributed by atoms with van der Waals surface area (Å²) in [5.41, 5.74) is -0.412. The lowest BCUT2D eigenvalue weighted by Gasteiger charge is -2.40. The van der Waals surface area contributed by atoms with Gasteiger partial charge < -0.3 is 10.0 Å². The maximum absolute atomic E-state index is 10.9. The van der Waals surface area contributed by atoms with Gasteiger partial charge in [-0.15, -0.1) is 0 Å². The van der Waals surface area contributed by atoms with Crippen molar-refractivity contribution >= 4 is 5.97 Å². The summed E-state index contributed by atoms with van der Waals surface area (Å²) in [6.07, 6.45) is 2.78. The van der Waals surface area contributed by atoms with E-state index >= 15 is 0 Å². The molecule has 0 aromatic carbocycles. The van der Waals surface area contributed by atoms with Gasteiger partial charge in [-0.2, -0.15) is 0 Å². The predicted octanol–water partition coefficient (Wildman–Crippen LogP) is 1.19. The maximum Gasteiger partial charge on any atom is 0.310 e. The standard InChI is InChI=1S/C9H17NO2/c1-3-10(2)7-9(8(11)12)5-4-6-9/h3-7H2,1-2H3,(H,11,12). The summed E-state index contributed by atoms with van der Waals surface area (Å²) in [5.74, 6) is -0.617. The van der Waals surface area contributed by atoms with Gasteiger partial charge in [0.2, 0.25) is 0 Å². The quantitative estimate of drug-likeness (QED) is 0.690. The van der Waals surface area contributed by atoms with E-state index in [9.17, 15) is 4.79 Å². The van der Waals surface area contributed by atoms with Crippen LogP contribution >= 0.6 is 0 Å². The number of aliphatic carboxylic acids is 1. The number of carboxylic acid groups (broad SMARTS) is 1. The van der Waals surface area contributed by atoms with Crippen LogP contribution in [0.15, 0.2) is 0 Å². The van der Waals surface area contributed by atoms with Gasteiger partial charge in [-0.3, -0.25) is 4.79 Å². The van der Waals surface area contributed by atoms with Crippen molar-refractivity contribution in [3.63, 3.8) is 0 Å². The van der Waals surface area contributed by atoms with E-state index in [1.54, 1.807) is 0 Å². The Balaban J connectivity index is 2.50. The smallest absolute Gasteiger partial charge is 0.310 e. The third-order valence-electron chi connectivity index (χ3n) is 2.88. The molecule has 1 fully saturated rings. The first-order valence-corrected chi connectivity index (χ1v) is 4.53. The number of carboxylic acids is 1. The molecule has 0 bridgehead atoms. The zero-order valence-electron chi connectivity index (χ0n) is 7.84. The Morgan fingerprint density at radius 2 is 2.17 bits per heavy atom. The van der Waals surface area contributed by atoms with Crippen molar-refractivity contribution in [1.29, 1.82) is 0 Å². The third kappa shape index (κ3) is 1.61. The molecule has 0 amide bonds. The molecule has 0 unspecified atom stereocenters. The molecule has 3 nitrogen and oxygen atoms in total. The average Bonchev–Trinajstić information content (AvgIpc) is 1.95. The number of hydrogen-bond donors (Lipinski definition) is 1. The Morgan fingerprint density at radius 3 is 2.42 bits per heavy atom. The van der Waals surface area contributed by atoms with Gasteiger partial charge in [0.05, 0.1) is 5.41 Å². The zero-order valence-corrected chi connectivity index (χ0v) is 7.84. The number of rotatable bonds is 4. The van der Waals surface area contributed by atoms with Crippen molar-refractivity contribution in [2.75, 3.05) is 20.1 Å². The Bertz CT molecular complexity index is 175. The van der Waals surface area contributed by atoms with Gasteiger partial charge in [0, 0.05) is 6.54 Å². The summed E-state index contributed by atoms with van der Waals surface area (Å²) >= 11 is 0. The molecule has 1 rings (SSSR count). The van der Waals surface area contributed by atoms with Gasteiger partial charge >= 0.3 is 5.97 Å². The summed E-state index contributed by atoms with van der Waals surface area (Å²) in [5, 5.41) is 9.00. The molecule has 1 saturated carbocycles. The molecular weight excluding hydrogens is 154 g/mol. The first-order chi connectivity index (χ1) is 5.60. The molecule has 1 aliphatic rings. The van der Waals surface area contributed by atoms with Gasteiger partial charge in [0.25, 0.3) is 0 Å². The second-order valence-corrected chi connectivity index (χ2v) is 3.77. The fourth-order valence-electron chi connectivity index (χ4n) is 1.67. The van der Waals surface area contributed by atoms with E-state index in [1.807, 2.05) is 14.0 Å². The fraction of sp³-hybridized carbons (Fsp3) is 0.889. The molecule has 0 radical (unpaired) electrons. The van der Waals surface area contributed by atoms with Gasteiger partial charge in [0.1, 0.15) is 0 Å². The van der Waals surface area contributed by atoms with Crippen molar-refractivity contribution < 1.29 is 9.90 Å². The van der Waals surface area contributed by atoms with Crippen LogP contribution < -0.4 is 0 Å². The zero-order chi connectivity index (χ0) is 9.19. The van der Waals surface area contributed by atoms with Crippen molar-refractivity contribution in [2.24, 2.45) is 5.41 Å². The van der Waals surface area contributed by atoms with Crippen molar-refractivity contribution in [3.05, 3.63) is 0 Å². The number of hydrogen-bond acceptors (Lipinski definition) is 2. The lowest BCUT2D eigenvalue weighted by Crippen LogP contribution is -2.46. The minimum atomic E-state index is -0.617. The van der Waals surface area contributed by atoms with Crippen LogP contribution in [0, 0.1) is 5.41 Å². The summed E-state index contributed by atoms with van der Waals surface area (Å²) in [6.45, 7) is 3.68. The lowest BCUT2D eigenvalue weighted by atomic mass is 9.68. The summed E-state index contributed by atoms with van der Waals surface area (Å²) in [7, 11) is 1.98. The van der Waals surface area contributed by atoms with Gasteiger partial charge in [-0.25, -0.2) is 0 Å². The lowest BCUT2D eigenvalue weighted by molar-refractivity contribution is -0.155. The van der Waals surface area contributed by atoms with Crippen molar-refractivity contribution in [2.45, 2.75) is 26.2 Å². The molecular formula is C9H17NO2. The average molecular weight is 171 g/mol. The highest BCUT2D eigenvalue weighted by Crippen LogP contribution is 2.41. The summed E-state index contributed by atoms with van der Waals surface area (Å²) in [6, 6.07) is 0. The molecule has 0 heterocycles. The van der Waals surface area contributed by atoms with E-state index in [0.29, 0.717) is 6.54 Å². The van der Waals surface area contributed by atoms with Crippen molar-refractivity contribution in [1.82, 2.24) is 4.90 Å². The minimum absolute atomic E-state index is 0.412. The molecule has 12 heavy (non-hydrogen) atoms. The molecule has 0 aliphatic heterocycles. The highest BCUT2D eigenvalue weighted by Gasteiger charge is 2.44. The predicted molar refractivity (Wildman–Crippen MR) is 47.1 cm³/mol. The van der Waals surface area contributed by atoms with Crippen molar-refractivity contribution in [3.8, 4) is 0 Å². The van der Waals surface area contributed by atoms with E-state index in [-0.39, 0.29) is 0 Å². The Hall–Kier alpha value is -0.570. The maximum atomic E-state index is 10.9. The van der Waals surface area contributed by atoms with Crippen LogP contribution in [0.25, 0.3) is 0 Å². The Labute approximate surface area is 73.4 Å². The van der Waals surface area contributed by atoms with Crippen LogP contribution in [0.3, 0.4) is 0 Å². The first kappa shape index (κ1) is 9.52. The fourth-order valence-corrected chi connectivity index (χ4v) is 1.67. The van der Waals surface area contributed by atoms with Gasteiger partial charge in [0.15, 0.2) is 0 Å². The minimum Gasteiger partial charge on any atom is -0.481 e. The molecule has 1 N–H and O–H groups in total. The van der Waals surface area contributed by atoms with E-state index in [2.05, 4.69) is 4.90 Å². The molecule has 0 atom stereocenters. The first-order valence-electron chi connectivity index (χ1n) is 4.53. The summed E-state index contributed by atoms with van der Waals surface area (Å²) < 4.78 is 0. The molecule has 70 valence electrons. The second kappa shape index (κ2) is 3.44. The van der Waals surface area contributed by atoms with Gasteiger partial charge in [-0.05, 0) is 26.4 Å². The van der Waals surface area contributed by atoms with Crippen LogP contribution in [-0.2, 0) is 4.79 Å². The number of carbonyl (C=O) groups is 1. The molecule has 0 aromatic heterocycles. The Morgan fingerprint density at radius 1 is 1.58 bits per heavy atom. The van der Waals surface area contributed by atoms with Crippen LogP contribution in [0.4, 0.5) is 0 Å². The SMILES string of the molecule is CCN(C)CC1(C(=O)O)CCC1. The van der Waals surface area contributed by atoms with E-state index in [4.69, 9.17) is 5.11 Å². The van der Waals surface area contributed by atoms with Crippen LogP contribution in [0.2, 0.25) is 0 Å². The molecule has 0 aromatic rings. The van der Waals surface area contributed by atoms with Gasteiger partial charge in [-0.1, -0.05) is 13.3 Å². The van der Waals surface area contributed by atoms with E-state index in [0.717, 1.165) is 25.8 Å². The highest BCUT2D eigenvalue weighted by atomic mass is 16.4. The third-order valence-corrected chi connectivity index (χ3v) is 2.88.